The number of ether oxygens (including phenoxy) is 3. The molecule has 4 nitrogen and oxygen atoms in total. The minimum absolute atomic E-state index is 0.00804. The van der Waals surface area contributed by atoms with Crippen molar-refractivity contribution < 1.29 is 19.0 Å². The van der Waals surface area contributed by atoms with E-state index in [-0.39, 0.29) is 29.7 Å². The molecule has 7 heteroatoms. The standard InChI is InChI=1S/C24H24O4S3/c1-14-18-10-5-15(4-3-11-24(2)22(28-24)21(18)27-23(14)25)13-26-17-8-6-16(7-9-17)19-12-20(29)31-30-19/h4,6-9,12,18,21-22H,1,3,5,10-11,13H2,2H3/b15-4+/t18-,21-,22+,24+/m0/s1. The Morgan fingerprint density at radius 3 is 2.84 bits per heavy atom. The van der Waals surface area contributed by atoms with Crippen LogP contribution in [0, 0.1) is 9.74 Å². The van der Waals surface area contributed by atoms with Crippen LogP contribution >= 0.6 is 32.9 Å². The van der Waals surface area contributed by atoms with Crippen molar-refractivity contribution in [3.8, 4) is 16.2 Å². The number of epoxide rings is 1. The molecule has 31 heavy (non-hydrogen) atoms. The Morgan fingerprint density at radius 1 is 1.29 bits per heavy atom. The summed E-state index contributed by atoms with van der Waals surface area (Å²) in [6.45, 7) is 6.64. The highest BCUT2D eigenvalue weighted by molar-refractivity contribution is 7.80. The molecule has 0 unspecified atom stereocenters. The lowest BCUT2D eigenvalue weighted by Crippen LogP contribution is -2.29. The number of carbonyl (C=O) groups is 1. The summed E-state index contributed by atoms with van der Waals surface area (Å²) in [7, 11) is 3.32. The quantitative estimate of drug-likeness (QED) is 0.130. The van der Waals surface area contributed by atoms with Crippen LogP contribution in [0.2, 0.25) is 0 Å². The van der Waals surface area contributed by atoms with Gasteiger partial charge in [0, 0.05) is 16.4 Å². The zero-order chi connectivity index (χ0) is 21.6. The summed E-state index contributed by atoms with van der Waals surface area (Å²) in [4.78, 5) is 13.3. The molecule has 5 rings (SSSR count). The van der Waals surface area contributed by atoms with E-state index >= 15 is 0 Å². The molecular weight excluding hydrogens is 448 g/mol. The molecule has 0 N–H and O–H groups in total. The van der Waals surface area contributed by atoms with Crippen molar-refractivity contribution >= 4 is 38.9 Å². The molecule has 162 valence electrons. The lowest BCUT2D eigenvalue weighted by Gasteiger charge is -2.20. The van der Waals surface area contributed by atoms with E-state index in [1.54, 1.807) is 20.7 Å². The van der Waals surface area contributed by atoms with E-state index in [0.29, 0.717) is 12.2 Å². The smallest absolute Gasteiger partial charge is 0.334 e. The van der Waals surface area contributed by atoms with Crippen molar-refractivity contribution in [1.29, 1.82) is 0 Å². The van der Waals surface area contributed by atoms with E-state index in [1.807, 2.05) is 18.2 Å². The second kappa shape index (κ2) is 8.28. The van der Waals surface area contributed by atoms with E-state index in [2.05, 4.69) is 31.7 Å². The van der Waals surface area contributed by atoms with Crippen molar-refractivity contribution in [2.45, 2.75) is 50.4 Å². The summed E-state index contributed by atoms with van der Waals surface area (Å²) in [6.07, 6.45) is 5.59. The van der Waals surface area contributed by atoms with Gasteiger partial charge in [-0.15, -0.1) is 0 Å². The summed E-state index contributed by atoms with van der Waals surface area (Å²) in [5, 5.41) is 0. The third kappa shape index (κ3) is 4.29. The van der Waals surface area contributed by atoms with Crippen molar-refractivity contribution in [1.82, 2.24) is 0 Å². The Labute approximate surface area is 194 Å². The van der Waals surface area contributed by atoms with Crippen LogP contribution in [-0.4, -0.2) is 30.4 Å². The molecule has 1 aromatic heterocycles. The maximum Gasteiger partial charge on any atom is 0.334 e. The number of benzene rings is 1. The predicted octanol–water partition coefficient (Wildman–Crippen LogP) is 6.34. The summed E-state index contributed by atoms with van der Waals surface area (Å²) < 4.78 is 18.6. The molecule has 0 bridgehead atoms. The first-order chi connectivity index (χ1) is 14.9. The third-order valence-corrected chi connectivity index (χ3v) is 9.37. The van der Waals surface area contributed by atoms with Crippen LogP contribution in [0.1, 0.15) is 32.6 Å². The first-order valence-corrected chi connectivity index (χ1v) is 13.1. The van der Waals surface area contributed by atoms with Crippen LogP contribution in [0.3, 0.4) is 0 Å². The van der Waals surface area contributed by atoms with Gasteiger partial charge in [-0.1, -0.05) is 45.6 Å². The number of hydrogen-bond donors (Lipinski definition) is 0. The van der Waals surface area contributed by atoms with Gasteiger partial charge in [-0.3, -0.25) is 0 Å². The molecule has 2 fully saturated rings. The van der Waals surface area contributed by atoms with Gasteiger partial charge in [0.2, 0.25) is 0 Å². The first kappa shape index (κ1) is 21.1. The molecule has 0 saturated carbocycles. The Bertz CT molecular complexity index is 1100. The Hall–Kier alpha value is -1.80. The minimum Gasteiger partial charge on any atom is -0.489 e. The normalized spacial score (nSPS) is 31.8. The monoisotopic (exact) mass is 472 g/mol. The first-order valence-electron chi connectivity index (χ1n) is 10.5. The molecular formula is C24H24O4S3. The molecule has 2 aliphatic heterocycles. The van der Waals surface area contributed by atoms with Gasteiger partial charge < -0.3 is 14.2 Å². The Kier molecular flexibility index (Phi) is 5.63. The molecule has 1 aromatic carbocycles. The predicted molar refractivity (Wildman–Crippen MR) is 126 cm³/mol. The topological polar surface area (TPSA) is 48.1 Å². The number of esters is 1. The van der Waals surface area contributed by atoms with E-state index in [4.69, 9.17) is 26.4 Å². The van der Waals surface area contributed by atoms with Crippen LogP contribution in [0.5, 0.6) is 5.75 Å². The van der Waals surface area contributed by atoms with Crippen LogP contribution < -0.4 is 4.74 Å². The van der Waals surface area contributed by atoms with E-state index in [9.17, 15) is 4.79 Å². The summed E-state index contributed by atoms with van der Waals surface area (Å²) in [5.41, 5.74) is 2.77. The molecule has 0 spiro atoms. The second-order valence-corrected chi connectivity index (χ2v) is 11.5. The zero-order valence-corrected chi connectivity index (χ0v) is 19.7. The second-order valence-electron chi connectivity index (χ2n) is 8.60. The van der Waals surface area contributed by atoms with Crippen LogP contribution in [0.25, 0.3) is 10.4 Å². The van der Waals surface area contributed by atoms with Crippen LogP contribution in [0.15, 0.2) is 54.1 Å². The fraction of sp³-hybridized carbons (Fsp3) is 0.417. The average molecular weight is 473 g/mol. The fourth-order valence-corrected chi connectivity index (χ4v) is 6.92. The molecule has 1 aliphatic carbocycles. The van der Waals surface area contributed by atoms with Crippen molar-refractivity contribution in [3.05, 3.63) is 58.0 Å². The van der Waals surface area contributed by atoms with Crippen LogP contribution in [-0.2, 0) is 14.3 Å². The van der Waals surface area contributed by atoms with E-state index < -0.39 is 0 Å². The van der Waals surface area contributed by atoms with Gasteiger partial charge in [0.15, 0.2) is 0 Å². The molecule has 4 atom stereocenters. The van der Waals surface area contributed by atoms with E-state index in [1.165, 1.54) is 10.5 Å². The number of hydrogen-bond acceptors (Lipinski definition) is 7. The number of fused-ring (bicyclic) bond motifs is 3. The van der Waals surface area contributed by atoms with Crippen molar-refractivity contribution in [2.75, 3.05) is 6.61 Å². The van der Waals surface area contributed by atoms with E-state index in [0.717, 1.165) is 40.8 Å². The van der Waals surface area contributed by atoms with Gasteiger partial charge in [0.1, 0.15) is 28.4 Å². The molecule has 0 radical (unpaired) electrons. The van der Waals surface area contributed by atoms with Crippen molar-refractivity contribution in [3.63, 3.8) is 0 Å². The SMILES string of the molecule is C=C1C(=O)O[C@@H]2[C@H]3O[C@]3(C)CC/C=C(/COc3ccc(-c4cc(=S)ss4)cc3)CC[C@@H]12. The maximum absolute atomic E-state index is 12.1. The van der Waals surface area contributed by atoms with Gasteiger partial charge >= 0.3 is 5.97 Å². The Balaban J connectivity index is 1.26. The largest absolute Gasteiger partial charge is 0.489 e. The highest BCUT2D eigenvalue weighted by Gasteiger charge is 2.61. The lowest BCUT2D eigenvalue weighted by molar-refractivity contribution is -0.140. The molecule has 2 saturated heterocycles. The summed E-state index contributed by atoms with van der Waals surface area (Å²) in [5.74, 6) is 0.588. The summed E-state index contributed by atoms with van der Waals surface area (Å²) >= 11 is 5.23. The number of rotatable bonds is 4. The molecule has 0 amide bonds. The van der Waals surface area contributed by atoms with Gasteiger partial charge in [0.25, 0.3) is 0 Å². The van der Waals surface area contributed by atoms with Gasteiger partial charge in [-0.25, -0.2) is 4.79 Å². The highest BCUT2D eigenvalue weighted by Crippen LogP contribution is 2.49. The third-order valence-electron chi connectivity index (χ3n) is 6.46. The zero-order valence-electron chi connectivity index (χ0n) is 17.3. The number of allylic oxidation sites excluding steroid dienone is 1. The highest BCUT2D eigenvalue weighted by atomic mass is 32.9. The maximum atomic E-state index is 12.1. The van der Waals surface area contributed by atoms with Crippen LogP contribution in [0.4, 0.5) is 0 Å². The van der Waals surface area contributed by atoms with Gasteiger partial charge in [-0.2, -0.15) is 0 Å². The molecule has 2 aromatic rings. The number of carbonyl (C=O) groups excluding carboxylic acids is 1. The Morgan fingerprint density at radius 2 is 2.10 bits per heavy atom. The molecule has 3 aliphatic rings. The minimum atomic E-state index is -0.274. The van der Waals surface area contributed by atoms with Gasteiger partial charge in [0.05, 0.1) is 5.60 Å². The average Bonchev–Trinajstić information content (AvgIpc) is 3.07. The summed E-state index contributed by atoms with van der Waals surface area (Å²) in [6, 6.07) is 10.2. The van der Waals surface area contributed by atoms with Crippen molar-refractivity contribution in [2.24, 2.45) is 5.92 Å². The fourth-order valence-electron chi connectivity index (χ4n) is 4.52. The lowest BCUT2D eigenvalue weighted by atomic mass is 9.84. The molecule has 3 heterocycles. The van der Waals surface area contributed by atoms with Gasteiger partial charge in [-0.05, 0) is 74.1 Å².